The maximum Gasteiger partial charge on any atom is 0.249 e. The van der Waals surface area contributed by atoms with Gasteiger partial charge in [0.15, 0.2) is 0 Å². The number of likely N-dealkylation sites (tertiary alicyclic amines) is 1. The van der Waals surface area contributed by atoms with E-state index in [1.807, 2.05) is 50.0 Å². The van der Waals surface area contributed by atoms with Crippen molar-refractivity contribution in [2.45, 2.75) is 76.7 Å². The maximum absolute atomic E-state index is 14.3. The van der Waals surface area contributed by atoms with Gasteiger partial charge in [-0.25, -0.2) is 0 Å². The van der Waals surface area contributed by atoms with Crippen LogP contribution >= 0.6 is 0 Å². The van der Waals surface area contributed by atoms with Crippen LogP contribution in [0.15, 0.2) is 24.3 Å². The van der Waals surface area contributed by atoms with Gasteiger partial charge in [-0.15, -0.1) is 0 Å². The summed E-state index contributed by atoms with van der Waals surface area (Å²) in [7, 11) is 1.73. The summed E-state index contributed by atoms with van der Waals surface area (Å²) in [6, 6.07) is -1.43. The molecule has 2 fully saturated rings. The van der Waals surface area contributed by atoms with E-state index in [4.69, 9.17) is 4.74 Å². The van der Waals surface area contributed by atoms with Gasteiger partial charge in [-0.3, -0.25) is 14.4 Å². The highest BCUT2D eigenvalue weighted by molar-refractivity contribution is 6.00. The van der Waals surface area contributed by atoms with Crippen LogP contribution in [0, 0.1) is 17.8 Å². The molecule has 35 heavy (non-hydrogen) atoms. The molecule has 0 aromatic rings. The number of carbonyl (C=O) groups is 3. The van der Waals surface area contributed by atoms with Gasteiger partial charge in [0.1, 0.15) is 11.6 Å². The Morgan fingerprint density at radius 3 is 2.43 bits per heavy atom. The summed E-state index contributed by atoms with van der Waals surface area (Å²) in [5, 5.41) is 10.4. The number of unbranched alkanes of at least 4 members (excludes halogenated alkanes) is 2. The lowest BCUT2D eigenvalue weighted by atomic mass is 9.74. The number of ether oxygens (including phenoxy) is 1. The Labute approximate surface area is 208 Å². The summed E-state index contributed by atoms with van der Waals surface area (Å²) in [6.07, 6.45) is 11.1. The molecule has 0 radical (unpaired) electrons. The van der Waals surface area contributed by atoms with Crippen molar-refractivity contribution < 1.29 is 24.2 Å². The number of nitrogens with zero attached hydrogens (tertiary/aromatic N) is 3. The van der Waals surface area contributed by atoms with E-state index in [1.54, 1.807) is 16.8 Å². The van der Waals surface area contributed by atoms with E-state index in [0.717, 1.165) is 19.3 Å². The van der Waals surface area contributed by atoms with Gasteiger partial charge in [-0.05, 0) is 25.7 Å². The molecule has 4 rings (SSSR count). The number of aliphatic hydroxyl groups excluding tert-OH is 1. The zero-order valence-corrected chi connectivity index (χ0v) is 21.8. The first kappa shape index (κ1) is 25.9. The number of amides is 3. The van der Waals surface area contributed by atoms with Gasteiger partial charge in [0.2, 0.25) is 17.7 Å². The standard InChI is InChI=1S/C27H41N3O5/c1-6-7-8-14-29-15-10-12-27-21(20-23(32)28(5)13-9-11-26(20,4)35-27)24(33)30(22(27)25(29)34)19(17-31)16-18(2)3/h9-12,18-22,31H,6-8,13-17H2,1-5H3/t19-,20-,21+,22?,26+,27+/m1/s1. The van der Waals surface area contributed by atoms with E-state index in [0.29, 0.717) is 26.1 Å². The molecule has 3 amide bonds. The van der Waals surface area contributed by atoms with Gasteiger partial charge >= 0.3 is 0 Å². The second-order valence-electron chi connectivity index (χ2n) is 11.2. The molecule has 1 unspecified atom stereocenters. The van der Waals surface area contributed by atoms with Crippen LogP contribution in [0.2, 0.25) is 0 Å². The normalized spacial score (nSPS) is 35.3. The first-order valence-electron chi connectivity index (χ1n) is 13.1. The molecule has 6 atom stereocenters. The fraction of sp³-hybridized carbons (Fsp3) is 0.741. The molecular weight excluding hydrogens is 446 g/mol. The molecule has 1 N–H and O–H groups in total. The number of hydrogen-bond donors (Lipinski definition) is 1. The Balaban J connectivity index is 1.84. The molecule has 194 valence electrons. The van der Waals surface area contributed by atoms with Crippen LogP contribution in [0.3, 0.4) is 0 Å². The molecule has 1 spiro atoms. The van der Waals surface area contributed by atoms with Crippen molar-refractivity contribution in [3.8, 4) is 0 Å². The van der Waals surface area contributed by atoms with Crippen LogP contribution in [0.1, 0.15) is 53.4 Å². The monoisotopic (exact) mass is 487 g/mol. The van der Waals surface area contributed by atoms with Crippen molar-refractivity contribution in [2.24, 2.45) is 17.8 Å². The van der Waals surface area contributed by atoms with E-state index < -0.39 is 35.1 Å². The smallest absolute Gasteiger partial charge is 0.249 e. The van der Waals surface area contributed by atoms with Crippen molar-refractivity contribution in [2.75, 3.05) is 33.3 Å². The lowest BCUT2D eigenvalue weighted by molar-refractivity contribution is -0.156. The minimum atomic E-state index is -1.25. The molecule has 0 saturated carbocycles. The van der Waals surface area contributed by atoms with E-state index in [1.165, 1.54) is 0 Å². The molecular formula is C27H41N3O5. The average Bonchev–Trinajstić information content (AvgIpc) is 3.09. The van der Waals surface area contributed by atoms with Crippen molar-refractivity contribution in [3.05, 3.63) is 24.3 Å². The predicted molar refractivity (Wildman–Crippen MR) is 132 cm³/mol. The van der Waals surface area contributed by atoms with Crippen molar-refractivity contribution >= 4 is 17.7 Å². The van der Waals surface area contributed by atoms with Gasteiger partial charge in [-0.2, -0.15) is 0 Å². The van der Waals surface area contributed by atoms with Gasteiger partial charge < -0.3 is 24.5 Å². The van der Waals surface area contributed by atoms with Crippen LogP contribution in [0.4, 0.5) is 0 Å². The zero-order chi connectivity index (χ0) is 25.5. The molecule has 4 aliphatic heterocycles. The van der Waals surface area contributed by atoms with Gasteiger partial charge in [0.25, 0.3) is 0 Å². The number of hydrogen-bond acceptors (Lipinski definition) is 5. The van der Waals surface area contributed by atoms with Gasteiger partial charge in [-0.1, -0.05) is 57.9 Å². The number of likely N-dealkylation sites (N-methyl/N-ethyl adjacent to an activating group) is 1. The summed E-state index contributed by atoms with van der Waals surface area (Å²) < 4.78 is 6.78. The molecule has 8 nitrogen and oxygen atoms in total. The quantitative estimate of drug-likeness (QED) is 0.418. The molecule has 0 bridgehead atoms. The first-order valence-corrected chi connectivity index (χ1v) is 13.1. The summed E-state index contributed by atoms with van der Waals surface area (Å²) in [6.45, 7) is 9.30. The lowest BCUT2D eigenvalue weighted by Gasteiger charge is -2.40. The Kier molecular flexibility index (Phi) is 7.17. The summed E-state index contributed by atoms with van der Waals surface area (Å²) in [5.74, 6) is -1.93. The maximum atomic E-state index is 14.3. The van der Waals surface area contributed by atoms with Crippen LogP contribution in [-0.2, 0) is 19.1 Å². The Morgan fingerprint density at radius 1 is 1.06 bits per heavy atom. The van der Waals surface area contributed by atoms with Crippen LogP contribution < -0.4 is 0 Å². The Morgan fingerprint density at radius 2 is 1.77 bits per heavy atom. The highest BCUT2D eigenvalue weighted by Gasteiger charge is 2.75. The Hall–Kier alpha value is -2.19. The lowest BCUT2D eigenvalue weighted by Crippen LogP contribution is -2.59. The Bertz CT molecular complexity index is 916. The van der Waals surface area contributed by atoms with Crippen molar-refractivity contribution in [1.82, 2.24) is 14.7 Å². The zero-order valence-electron chi connectivity index (χ0n) is 21.8. The molecule has 0 aliphatic carbocycles. The van der Waals surface area contributed by atoms with E-state index in [9.17, 15) is 19.5 Å². The summed E-state index contributed by atoms with van der Waals surface area (Å²) in [4.78, 5) is 47.0. The number of aliphatic hydroxyl groups is 1. The summed E-state index contributed by atoms with van der Waals surface area (Å²) in [5.41, 5.74) is -2.25. The van der Waals surface area contributed by atoms with Crippen molar-refractivity contribution in [1.29, 1.82) is 0 Å². The highest BCUT2D eigenvalue weighted by Crippen LogP contribution is 2.57. The third-order valence-electron chi connectivity index (χ3n) is 8.16. The van der Waals surface area contributed by atoms with E-state index in [2.05, 4.69) is 6.92 Å². The number of fused-ring (bicyclic) bond motifs is 2. The van der Waals surface area contributed by atoms with Gasteiger partial charge in [0.05, 0.1) is 30.1 Å². The van der Waals surface area contributed by atoms with E-state index in [-0.39, 0.29) is 30.2 Å². The highest BCUT2D eigenvalue weighted by atomic mass is 16.5. The fourth-order valence-corrected chi connectivity index (χ4v) is 6.60. The minimum absolute atomic E-state index is 0.150. The van der Waals surface area contributed by atoms with E-state index >= 15 is 0 Å². The van der Waals surface area contributed by atoms with Crippen LogP contribution in [-0.4, -0.2) is 94.1 Å². The largest absolute Gasteiger partial charge is 0.394 e. The minimum Gasteiger partial charge on any atom is -0.394 e. The van der Waals surface area contributed by atoms with Crippen LogP contribution in [0.5, 0.6) is 0 Å². The average molecular weight is 488 g/mol. The number of rotatable bonds is 8. The summed E-state index contributed by atoms with van der Waals surface area (Å²) >= 11 is 0. The van der Waals surface area contributed by atoms with Gasteiger partial charge in [0, 0.05) is 26.7 Å². The second-order valence-corrected chi connectivity index (χ2v) is 11.2. The molecule has 4 aliphatic rings. The molecule has 0 aromatic heterocycles. The predicted octanol–water partition coefficient (Wildman–Crippen LogP) is 1.98. The molecule has 8 heteroatoms. The molecule has 0 aromatic carbocycles. The first-order chi connectivity index (χ1) is 16.6. The van der Waals surface area contributed by atoms with Crippen LogP contribution in [0.25, 0.3) is 0 Å². The molecule has 2 saturated heterocycles. The van der Waals surface area contributed by atoms with Crippen molar-refractivity contribution in [3.63, 3.8) is 0 Å². The molecule has 4 heterocycles. The third-order valence-corrected chi connectivity index (χ3v) is 8.16. The topological polar surface area (TPSA) is 90.4 Å². The fourth-order valence-electron chi connectivity index (χ4n) is 6.60. The SMILES string of the molecule is CCCCCN1CC=C[C@]23O[C@@]4(C)C=CCN(C)C(=O)[C@H]4[C@H]2C(=O)N([C@@H](CO)CC(C)C)C3C1=O. The third kappa shape index (κ3) is 4.12. The number of carbonyl (C=O) groups excluding carboxylic acids is 3. The second kappa shape index (κ2) is 9.69.